The van der Waals surface area contributed by atoms with Crippen LogP contribution in [0.25, 0.3) is 0 Å². The Bertz CT molecular complexity index is 523. The molecule has 21 heavy (non-hydrogen) atoms. The van der Waals surface area contributed by atoms with Crippen LogP contribution in [0.3, 0.4) is 0 Å². The number of rotatable bonds is 6. The number of anilines is 1. The number of benzene rings is 1. The molecule has 1 aromatic carbocycles. The van der Waals surface area contributed by atoms with E-state index in [1.807, 2.05) is 13.8 Å². The summed E-state index contributed by atoms with van der Waals surface area (Å²) in [6.07, 6.45) is 0.429. The van der Waals surface area contributed by atoms with E-state index >= 15 is 0 Å². The van der Waals surface area contributed by atoms with Crippen LogP contribution in [-0.4, -0.2) is 28.9 Å². The number of aliphatic carboxylic acids is 1. The van der Waals surface area contributed by atoms with Crippen LogP contribution in [0.1, 0.15) is 37.6 Å². The smallest absolute Gasteiger partial charge is 0.325 e. The minimum Gasteiger partial charge on any atom is -0.480 e. The molecule has 0 radical (unpaired) electrons. The van der Waals surface area contributed by atoms with Crippen LogP contribution >= 0.6 is 0 Å². The molecule has 114 valence electrons. The minimum absolute atomic E-state index is 0.0818. The zero-order chi connectivity index (χ0) is 16.0. The molecule has 0 fully saturated rings. The molecule has 0 aliphatic rings. The molecule has 0 aliphatic carbocycles. The summed E-state index contributed by atoms with van der Waals surface area (Å²) in [7, 11) is 0. The number of carbonyl (C=O) groups excluding carboxylic acids is 2. The molecule has 3 N–H and O–H groups in total. The van der Waals surface area contributed by atoms with E-state index in [1.54, 1.807) is 12.1 Å². The summed E-state index contributed by atoms with van der Waals surface area (Å²) < 4.78 is 0. The standard InChI is InChI=1S/C15H20N2O4/c1-9(2)8-13(18)17-12-6-4-11(5-7-12)14(19)16-10(3)15(20)21/h4-7,9-10H,8H2,1-3H3,(H,16,19)(H,17,18)(H,20,21). The van der Waals surface area contributed by atoms with Gasteiger partial charge in [-0.25, -0.2) is 0 Å². The Kier molecular flexibility index (Phi) is 5.90. The van der Waals surface area contributed by atoms with Crippen LogP contribution in [0.4, 0.5) is 5.69 Å². The number of nitrogens with one attached hydrogen (secondary N) is 2. The predicted molar refractivity (Wildman–Crippen MR) is 79.1 cm³/mol. The highest BCUT2D eigenvalue weighted by atomic mass is 16.4. The number of carboxylic acids is 1. The van der Waals surface area contributed by atoms with Gasteiger partial charge in [-0.15, -0.1) is 0 Å². The quantitative estimate of drug-likeness (QED) is 0.746. The summed E-state index contributed by atoms with van der Waals surface area (Å²) in [4.78, 5) is 34.1. The highest BCUT2D eigenvalue weighted by Gasteiger charge is 2.15. The third kappa shape index (κ3) is 5.64. The van der Waals surface area contributed by atoms with E-state index in [2.05, 4.69) is 10.6 Å². The lowest BCUT2D eigenvalue weighted by molar-refractivity contribution is -0.138. The predicted octanol–water partition coefficient (Wildman–Crippen LogP) is 1.87. The van der Waals surface area contributed by atoms with Crippen molar-refractivity contribution in [2.75, 3.05) is 5.32 Å². The van der Waals surface area contributed by atoms with Gasteiger partial charge in [-0.1, -0.05) is 13.8 Å². The summed E-state index contributed by atoms with van der Waals surface area (Å²) in [5.41, 5.74) is 0.938. The van der Waals surface area contributed by atoms with E-state index in [-0.39, 0.29) is 11.8 Å². The molecule has 0 saturated carbocycles. The van der Waals surface area contributed by atoms with Gasteiger partial charge in [0.1, 0.15) is 6.04 Å². The normalized spacial score (nSPS) is 11.8. The fourth-order valence-electron chi connectivity index (χ4n) is 1.63. The van der Waals surface area contributed by atoms with Gasteiger partial charge in [0.25, 0.3) is 5.91 Å². The van der Waals surface area contributed by atoms with Gasteiger partial charge in [0.2, 0.25) is 5.91 Å². The maximum atomic E-state index is 11.8. The van der Waals surface area contributed by atoms with Crippen LogP contribution in [0.5, 0.6) is 0 Å². The second kappa shape index (κ2) is 7.42. The molecule has 1 unspecified atom stereocenters. The molecule has 0 heterocycles. The van der Waals surface area contributed by atoms with Crippen LogP contribution in [-0.2, 0) is 9.59 Å². The van der Waals surface area contributed by atoms with E-state index in [0.29, 0.717) is 17.7 Å². The molecular weight excluding hydrogens is 272 g/mol. The van der Waals surface area contributed by atoms with Gasteiger partial charge >= 0.3 is 5.97 Å². The van der Waals surface area contributed by atoms with Crippen molar-refractivity contribution in [3.05, 3.63) is 29.8 Å². The summed E-state index contributed by atoms with van der Waals surface area (Å²) in [5, 5.41) is 13.8. The van der Waals surface area contributed by atoms with Crippen molar-refractivity contribution in [3.63, 3.8) is 0 Å². The molecular formula is C15H20N2O4. The van der Waals surface area contributed by atoms with Crippen molar-refractivity contribution in [2.45, 2.75) is 33.2 Å². The Balaban J connectivity index is 2.63. The largest absolute Gasteiger partial charge is 0.480 e. The summed E-state index contributed by atoms with van der Waals surface area (Å²) >= 11 is 0. The van der Waals surface area contributed by atoms with E-state index in [9.17, 15) is 14.4 Å². The minimum atomic E-state index is -1.10. The van der Waals surface area contributed by atoms with E-state index in [0.717, 1.165) is 0 Å². The third-order valence-electron chi connectivity index (χ3n) is 2.74. The Morgan fingerprint density at radius 1 is 1.10 bits per heavy atom. The maximum Gasteiger partial charge on any atom is 0.325 e. The van der Waals surface area contributed by atoms with Crippen molar-refractivity contribution in [1.82, 2.24) is 5.32 Å². The van der Waals surface area contributed by atoms with Crippen molar-refractivity contribution in [2.24, 2.45) is 5.92 Å². The van der Waals surface area contributed by atoms with Crippen LogP contribution < -0.4 is 10.6 Å². The first-order valence-corrected chi connectivity index (χ1v) is 6.73. The van der Waals surface area contributed by atoms with Crippen LogP contribution in [0.2, 0.25) is 0 Å². The Hall–Kier alpha value is -2.37. The molecule has 0 bridgehead atoms. The van der Waals surface area contributed by atoms with E-state index in [1.165, 1.54) is 19.1 Å². The van der Waals surface area contributed by atoms with Crippen molar-refractivity contribution in [1.29, 1.82) is 0 Å². The molecule has 1 atom stereocenters. The highest BCUT2D eigenvalue weighted by molar-refractivity contribution is 5.97. The molecule has 0 aliphatic heterocycles. The molecule has 0 saturated heterocycles. The first-order valence-electron chi connectivity index (χ1n) is 6.73. The molecule has 1 rings (SSSR count). The monoisotopic (exact) mass is 292 g/mol. The molecule has 2 amide bonds. The first-order chi connectivity index (χ1) is 9.79. The van der Waals surface area contributed by atoms with Crippen molar-refractivity contribution in [3.8, 4) is 0 Å². The molecule has 6 nitrogen and oxygen atoms in total. The van der Waals surface area contributed by atoms with Gasteiger partial charge in [-0.05, 0) is 37.1 Å². The van der Waals surface area contributed by atoms with Gasteiger partial charge in [0, 0.05) is 17.7 Å². The summed E-state index contributed by atoms with van der Waals surface area (Å²) in [5.74, 6) is -1.37. The van der Waals surface area contributed by atoms with Gasteiger partial charge in [-0.3, -0.25) is 14.4 Å². The Labute approximate surface area is 123 Å². The van der Waals surface area contributed by atoms with E-state index < -0.39 is 17.9 Å². The first kappa shape index (κ1) is 16.7. The van der Waals surface area contributed by atoms with Gasteiger partial charge in [0.05, 0.1) is 0 Å². The van der Waals surface area contributed by atoms with Crippen LogP contribution in [0, 0.1) is 5.92 Å². The lowest BCUT2D eigenvalue weighted by Gasteiger charge is -2.10. The van der Waals surface area contributed by atoms with Gasteiger partial charge in [0.15, 0.2) is 0 Å². The summed E-state index contributed by atoms with van der Waals surface area (Å²) in [6, 6.07) is 5.34. The molecule has 0 spiro atoms. The van der Waals surface area contributed by atoms with Gasteiger partial charge in [-0.2, -0.15) is 0 Å². The van der Waals surface area contributed by atoms with Crippen LogP contribution in [0.15, 0.2) is 24.3 Å². The van der Waals surface area contributed by atoms with E-state index in [4.69, 9.17) is 5.11 Å². The fraction of sp³-hybridized carbons (Fsp3) is 0.400. The number of carbonyl (C=O) groups is 3. The number of hydrogen-bond acceptors (Lipinski definition) is 3. The number of carboxylic acid groups (broad SMARTS) is 1. The average molecular weight is 292 g/mol. The highest BCUT2D eigenvalue weighted by Crippen LogP contribution is 2.11. The maximum absolute atomic E-state index is 11.8. The second-order valence-electron chi connectivity index (χ2n) is 5.26. The van der Waals surface area contributed by atoms with Crippen molar-refractivity contribution < 1.29 is 19.5 Å². The second-order valence-corrected chi connectivity index (χ2v) is 5.26. The summed E-state index contributed by atoms with van der Waals surface area (Å²) in [6.45, 7) is 5.30. The molecule has 1 aromatic rings. The number of hydrogen-bond donors (Lipinski definition) is 3. The van der Waals surface area contributed by atoms with Crippen molar-refractivity contribution >= 4 is 23.5 Å². The molecule has 6 heteroatoms. The number of amides is 2. The fourth-order valence-corrected chi connectivity index (χ4v) is 1.63. The third-order valence-corrected chi connectivity index (χ3v) is 2.74. The lowest BCUT2D eigenvalue weighted by atomic mass is 10.1. The average Bonchev–Trinajstić information content (AvgIpc) is 2.38. The zero-order valence-electron chi connectivity index (χ0n) is 12.3. The van der Waals surface area contributed by atoms with Gasteiger partial charge < -0.3 is 15.7 Å². The SMILES string of the molecule is CC(C)CC(=O)Nc1ccc(C(=O)NC(C)C(=O)O)cc1. The zero-order valence-corrected chi connectivity index (χ0v) is 12.3. The lowest BCUT2D eigenvalue weighted by Crippen LogP contribution is -2.38. The molecule has 0 aromatic heterocycles. The Morgan fingerprint density at radius 2 is 1.67 bits per heavy atom. The Morgan fingerprint density at radius 3 is 2.14 bits per heavy atom. The topological polar surface area (TPSA) is 95.5 Å².